The SMILES string of the molecule is O=C([C@H]1CCCO1)N1CCC2(CC1)C[C@@H]2c1ccc(-c2cc(C3NNNN3)ccc2Cl)cc1. The summed E-state index contributed by atoms with van der Waals surface area (Å²) in [7, 11) is 0. The lowest BCUT2D eigenvalue weighted by Crippen LogP contribution is -2.44. The van der Waals surface area contributed by atoms with E-state index in [1.54, 1.807) is 0 Å². The lowest BCUT2D eigenvalue weighted by atomic mass is 9.88. The smallest absolute Gasteiger partial charge is 0.251 e. The van der Waals surface area contributed by atoms with E-state index >= 15 is 0 Å². The molecule has 3 aliphatic heterocycles. The number of rotatable bonds is 4. The topological polar surface area (TPSA) is 77.7 Å². The Kier molecular flexibility index (Phi) is 5.64. The van der Waals surface area contributed by atoms with Crippen LogP contribution in [-0.2, 0) is 9.53 Å². The van der Waals surface area contributed by atoms with Crippen LogP contribution in [0.3, 0.4) is 0 Å². The van der Waals surface area contributed by atoms with Crippen molar-refractivity contribution in [3.05, 3.63) is 58.6 Å². The maximum absolute atomic E-state index is 12.7. The van der Waals surface area contributed by atoms with Crippen molar-refractivity contribution in [2.75, 3.05) is 19.7 Å². The molecule has 2 atom stereocenters. The van der Waals surface area contributed by atoms with Gasteiger partial charge in [0, 0.05) is 30.3 Å². The second-order valence-electron chi connectivity index (χ2n) is 9.78. The Balaban J connectivity index is 1.12. The van der Waals surface area contributed by atoms with Crippen LogP contribution < -0.4 is 21.9 Å². The lowest BCUT2D eigenvalue weighted by Gasteiger charge is -2.34. The highest BCUT2D eigenvalue weighted by Crippen LogP contribution is 2.65. The minimum absolute atomic E-state index is 0.0235. The average molecular weight is 468 g/mol. The lowest BCUT2D eigenvalue weighted by molar-refractivity contribution is -0.142. The van der Waals surface area contributed by atoms with Crippen LogP contribution in [0, 0.1) is 5.41 Å². The molecule has 3 saturated heterocycles. The van der Waals surface area contributed by atoms with Gasteiger partial charge in [-0.3, -0.25) is 4.79 Å². The summed E-state index contributed by atoms with van der Waals surface area (Å²) in [5.74, 6) is 0.801. The summed E-state index contributed by atoms with van der Waals surface area (Å²) in [5.41, 5.74) is 16.9. The number of likely N-dealkylation sites (tertiary alicyclic amines) is 1. The third kappa shape index (κ3) is 4.07. The summed E-state index contributed by atoms with van der Waals surface area (Å²) >= 11 is 6.54. The van der Waals surface area contributed by atoms with Gasteiger partial charge in [0.25, 0.3) is 5.91 Å². The third-order valence-electron chi connectivity index (χ3n) is 7.91. The number of hydrogen-bond donors (Lipinski definition) is 4. The standard InChI is InChI=1S/C25H30ClN5O2/c26-21-8-7-18(23-27-29-30-28-23)14-19(21)16-3-5-17(6-4-16)20-15-25(20)9-11-31(12-10-25)24(32)22-2-1-13-33-22/h3-8,14,20,22-23,27-30H,1-2,9-13,15H2/t20-,22-/m1/s1. The molecule has 0 aromatic heterocycles. The van der Waals surface area contributed by atoms with E-state index < -0.39 is 0 Å². The monoisotopic (exact) mass is 467 g/mol. The third-order valence-corrected chi connectivity index (χ3v) is 8.24. The molecule has 1 amide bonds. The zero-order chi connectivity index (χ0) is 22.4. The molecule has 0 unspecified atom stereocenters. The Hall–Kier alpha value is -2.00. The molecular weight excluding hydrogens is 438 g/mol. The highest BCUT2D eigenvalue weighted by molar-refractivity contribution is 6.33. The molecule has 8 heteroatoms. The zero-order valence-corrected chi connectivity index (χ0v) is 19.3. The summed E-state index contributed by atoms with van der Waals surface area (Å²) < 4.78 is 5.60. The van der Waals surface area contributed by atoms with E-state index in [9.17, 15) is 4.79 Å². The molecule has 33 heavy (non-hydrogen) atoms. The van der Waals surface area contributed by atoms with Crippen LogP contribution in [0.25, 0.3) is 11.1 Å². The molecule has 0 bridgehead atoms. The summed E-state index contributed by atoms with van der Waals surface area (Å²) in [6, 6.07) is 15.0. The second-order valence-corrected chi connectivity index (χ2v) is 10.2. The predicted octanol–water partition coefficient (Wildman–Crippen LogP) is 3.40. The molecule has 1 saturated carbocycles. The number of amides is 1. The Bertz CT molecular complexity index is 1030. The highest BCUT2D eigenvalue weighted by Gasteiger charge is 2.55. The van der Waals surface area contributed by atoms with Crippen molar-refractivity contribution in [1.29, 1.82) is 0 Å². The number of nitrogens with one attached hydrogen (secondary N) is 4. The van der Waals surface area contributed by atoms with Crippen LogP contribution in [0.5, 0.6) is 0 Å². The van der Waals surface area contributed by atoms with Crippen LogP contribution in [0.2, 0.25) is 5.02 Å². The average Bonchev–Trinajstić information content (AvgIpc) is 3.28. The van der Waals surface area contributed by atoms with E-state index in [-0.39, 0.29) is 18.2 Å². The number of carbonyl (C=O) groups excluding carboxylic acids is 1. The van der Waals surface area contributed by atoms with Crippen LogP contribution in [0.15, 0.2) is 42.5 Å². The Morgan fingerprint density at radius 3 is 2.45 bits per heavy atom. The van der Waals surface area contributed by atoms with Gasteiger partial charge in [-0.15, -0.1) is 0 Å². The fourth-order valence-corrected chi connectivity index (χ4v) is 6.00. The molecule has 4 N–H and O–H groups in total. The van der Waals surface area contributed by atoms with Crippen molar-refractivity contribution in [3.8, 4) is 11.1 Å². The van der Waals surface area contributed by atoms with Crippen LogP contribution in [0.1, 0.15) is 55.3 Å². The van der Waals surface area contributed by atoms with Gasteiger partial charge < -0.3 is 9.64 Å². The number of piperidine rings is 1. The first-order valence-corrected chi connectivity index (χ1v) is 12.3. The van der Waals surface area contributed by atoms with Gasteiger partial charge >= 0.3 is 0 Å². The molecular formula is C25H30ClN5O2. The number of halogens is 1. The first-order valence-electron chi connectivity index (χ1n) is 11.9. The van der Waals surface area contributed by atoms with E-state index in [2.05, 4.69) is 52.3 Å². The van der Waals surface area contributed by atoms with E-state index in [4.69, 9.17) is 16.3 Å². The van der Waals surface area contributed by atoms with Crippen molar-refractivity contribution in [3.63, 3.8) is 0 Å². The van der Waals surface area contributed by atoms with Gasteiger partial charge in [0.1, 0.15) is 12.3 Å². The maximum atomic E-state index is 12.7. The largest absolute Gasteiger partial charge is 0.368 e. The summed E-state index contributed by atoms with van der Waals surface area (Å²) in [6.07, 6.45) is 5.08. The van der Waals surface area contributed by atoms with Crippen molar-refractivity contribution in [1.82, 2.24) is 26.8 Å². The number of ether oxygens (including phenoxy) is 1. The fourth-order valence-electron chi connectivity index (χ4n) is 5.78. The Labute approximate surface area is 199 Å². The van der Waals surface area contributed by atoms with Gasteiger partial charge in [-0.2, -0.15) is 11.1 Å². The molecule has 2 aromatic carbocycles. The molecule has 1 spiro atoms. The first kappa shape index (κ1) is 21.5. The first-order chi connectivity index (χ1) is 16.1. The maximum Gasteiger partial charge on any atom is 0.251 e. The normalized spacial score (nSPS) is 26.8. The van der Waals surface area contributed by atoms with Crippen molar-refractivity contribution < 1.29 is 9.53 Å². The van der Waals surface area contributed by atoms with Gasteiger partial charge in [-0.1, -0.05) is 41.9 Å². The molecule has 4 aliphatic rings. The molecule has 0 radical (unpaired) electrons. The highest BCUT2D eigenvalue weighted by atomic mass is 35.5. The van der Waals surface area contributed by atoms with Gasteiger partial charge in [0.05, 0.1) is 0 Å². The number of benzene rings is 2. The molecule has 3 heterocycles. The van der Waals surface area contributed by atoms with E-state index in [1.807, 2.05) is 17.0 Å². The minimum Gasteiger partial charge on any atom is -0.368 e. The van der Waals surface area contributed by atoms with Gasteiger partial charge in [-0.05, 0) is 72.3 Å². The van der Waals surface area contributed by atoms with Gasteiger partial charge in [-0.25, -0.2) is 10.9 Å². The predicted molar refractivity (Wildman–Crippen MR) is 127 cm³/mol. The van der Waals surface area contributed by atoms with Crippen molar-refractivity contribution in [2.24, 2.45) is 5.41 Å². The van der Waals surface area contributed by atoms with Crippen LogP contribution in [0.4, 0.5) is 0 Å². The van der Waals surface area contributed by atoms with Crippen molar-refractivity contribution >= 4 is 17.5 Å². The molecule has 1 aliphatic carbocycles. The molecule has 2 aromatic rings. The van der Waals surface area contributed by atoms with Gasteiger partial charge in [0.15, 0.2) is 0 Å². The van der Waals surface area contributed by atoms with Gasteiger partial charge in [0.2, 0.25) is 0 Å². The number of carbonyl (C=O) groups is 1. The second kappa shape index (κ2) is 8.65. The summed E-state index contributed by atoms with van der Waals surface area (Å²) in [4.78, 5) is 14.7. The number of hydrazine groups is 3. The molecule has 7 nitrogen and oxygen atoms in total. The van der Waals surface area contributed by atoms with E-state index in [0.717, 1.165) is 67.1 Å². The Morgan fingerprint density at radius 1 is 1.03 bits per heavy atom. The Morgan fingerprint density at radius 2 is 1.76 bits per heavy atom. The van der Waals surface area contributed by atoms with Crippen molar-refractivity contribution in [2.45, 2.75) is 50.3 Å². The molecule has 4 fully saturated rings. The molecule has 174 valence electrons. The van der Waals surface area contributed by atoms with Crippen LogP contribution >= 0.6 is 11.6 Å². The van der Waals surface area contributed by atoms with E-state index in [0.29, 0.717) is 11.3 Å². The minimum atomic E-state index is -0.195. The summed E-state index contributed by atoms with van der Waals surface area (Å²) in [5, 5.41) is 0.747. The number of nitrogens with zero attached hydrogens (tertiary/aromatic N) is 1. The quantitative estimate of drug-likeness (QED) is 0.552. The fraction of sp³-hybridized carbons (Fsp3) is 0.480. The van der Waals surface area contributed by atoms with Crippen LogP contribution in [-0.4, -0.2) is 36.6 Å². The zero-order valence-electron chi connectivity index (χ0n) is 18.6. The molecule has 6 rings (SSSR count). The summed E-state index contributed by atoms with van der Waals surface area (Å²) in [6.45, 7) is 2.45. The van der Waals surface area contributed by atoms with E-state index in [1.165, 1.54) is 12.0 Å². The number of hydrogen-bond acceptors (Lipinski definition) is 6.